The zero-order chi connectivity index (χ0) is 18.0. The molecule has 2 aromatic rings. The van der Waals surface area contributed by atoms with E-state index in [1.807, 2.05) is 0 Å². The molecule has 1 saturated heterocycles. The van der Waals surface area contributed by atoms with Gasteiger partial charge in [-0.2, -0.15) is 0 Å². The Morgan fingerprint density at radius 2 is 1.84 bits per heavy atom. The minimum atomic E-state index is -4.07. The van der Waals surface area contributed by atoms with Crippen LogP contribution in [0.3, 0.4) is 0 Å². The van der Waals surface area contributed by atoms with Crippen molar-refractivity contribution in [3.05, 3.63) is 59.1 Å². The van der Waals surface area contributed by atoms with Crippen molar-refractivity contribution in [1.29, 1.82) is 0 Å². The maximum absolute atomic E-state index is 12.8. The highest BCUT2D eigenvalue weighted by Gasteiger charge is 2.44. The second-order valence-corrected chi connectivity index (χ2v) is 8.29. The lowest BCUT2D eigenvalue weighted by Crippen LogP contribution is -2.45. The summed E-state index contributed by atoms with van der Waals surface area (Å²) in [5.74, 6) is -1.10. The van der Waals surface area contributed by atoms with E-state index in [2.05, 4.69) is 21.2 Å². The Morgan fingerprint density at radius 1 is 1.12 bits per heavy atom. The van der Waals surface area contributed by atoms with Crippen molar-refractivity contribution >= 4 is 43.5 Å². The van der Waals surface area contributed by atoms with Gasteiger partial charge in [-0.3, -0.25) is 9.59 Å². The normalized spacial score (nSPS) is 17.6. The number of carbonyl (C=O) groups is 2. The van der Waals surface area contributed by atoms with E-state index in [0.29, 0.717) is 9.99 Å². The molecule has 0 saturated carbocycles. The van der Waals surface area contributed by atoms with Crippen molar-refractivity contribution in [2.75, 3.05) is 5.32 Å². The van der Waals surface area contributed by atoms with Gasteiger partial charge >= 0.3 is 0 Å². The Hall–Kier alpha value is -2.19. The van der Waals surface area contributed by atoms with E-state index in [-0.39, 0.29) is 17.7 Å². The first kappa shape index (κ1) is 17.6. The highest BCUT2D eigenvalue weighted by molar-refractivity contribution is 9.10. The summed E-state index contributed by atoms with van der Waals surface area (Å²) in [6.07, 6.45) is 0.174. The maximum Gasteiger partial charge on any atom is 0.267 e. The summed E-state index contributed by atoms with van der Waals surface area (Å²) in [4.78, 5) is 24.7. The molecule has 0 aliphatic carbocycles. The number of hydrogen-bond acceptors (Lipinski definition) is 4. The number of benzene rings is 2. The van der Waals surface area contributed by atoms with E-state index in [1.54, 1.807) is 42.5 Å². The first-order chi connectivity index (χ1) is 11.9. The van der Waals surface area contributed by atoms with Crippen LogP contribution in [0.1, 0.15) is 12.8 Å². The molecular weight excluding hydrogens is 408 g/mol. The molecule has 2 aromatic carbocycles. The predicted octanol–water partition coefficient (Wildman–Crippen LogP) is 2.77. The van der Waals surface area contributed by atoms with Gasteiger partial charge in [-0.25, -0.2) is 12.7 Å². The Kier molecular flexibility index (Phi) is 4.91. The molecule has 0 aromatic heterocycles. The van der Waals surface area contributed by atoms with Crippen molar-refractivity contribution in [2.45, 2.75) is 23.8 Å². The zero-order valence-corrected chi connectivity index (χ0v) is 15.5. The average molecular weight is 423 g/mol. The summed E-state index contributed by atoms with van der Waals surface area (Å²) in [5, 5.41) is 2.67. The van der Waals surface area contributed by atoms with Crippen LogP contribution in [0.4, 0.5) is 5.69 Å². The van der Waals surface area contributed by atoms with Crippen LogP contribution in [0.2, 0.25) is 0 Å². The summed E-state index contributed by atoms with van der Waals surface area (Å²) in [6.45, 7) is 0. The number of sulfonamides is 1. The van der Waals surface area contributed by atoms with E-state index in [9.17, 15) is 18.0 Å². The Bertz CT molecular complexity index is 915. The topological polar surface area (TPSA) is 83.6 Å². The third-order valence-electron chi connectivity index (χ3n) is 3.86. The van der Waals surface area contributed by atoms with Gasteiger partial charge in [0.2, 0.25) is 11.8 Å². The molecule has 0 bridgehead atoms. The van der Waals surface area contributed by atoms with Crippen LogP contribution in [-0.4, -0.2) is 30.6 Å². The first-order valence-corrected chi connectivity index (χ1v) is 9.81. The largest absolute Gasteiger partial charge is 0.324 e. The zero-order valence-electron chi connectivity index (χ0n) is 13.1. The summed E-state index contributed by atoms with van der Waals surface area (Å²) in [6, 6.07) is 13.5. The van der Waals surface area contributed by atoms with Crippen LogP contribution < -0.4 is 5.32 Å². The van der Waals surface area contributed by atoms with E-state index in [4.69, 9.17) is 0 Å². The summed E-state index contributed by atoms with van der Waals surface area (Å²) < 4.78 is 27.1. The monoisotopic (exact) mass is 422 g/mol. The molecule has 1 fully saturated rings. The molecule has 0 radical (unpaired) electrons. The van der Waals surface area contributed by atoms with Gasteiger partial charge in [-0.1, -0.05) is 40.2 Å². The number of rotatable bonds is 4. The smallest absolute Gasteiger partial charge is 0.267 e. The van der Waals surface area contributed by atoms with Crippen LogP contribution in [0, 0.1) is 0 Å². The SMILES string of the molecule is O=C(Nc1cccc(Br)c1)[C@@H]1CCC(=O)N1S(=O)(=O)c1ccccc1. The molecular formula is C17H15BrN2O4S. The molecule has 3 rings (SSSR count). The lowest BCUT2D eigenvalue weighted by molar-refractivity contribution is -0.128. The molecule has 8 heteroatoms. The van der Waals surface area contributed by atoms with Crippen molar-refractivity contribution in [3.8, 4) is 0 Å². The molecule has 1 atom stereocenters. The third kappa shape index (κ3) is 3.59. The van der Waals surface area contributed by atoms with Gasteiger partial charge in [0.05, 0.1) is 4.90 Å². The molecule has 0 unspecified atom stereocenters. The van der Waals surface area contributed by atoms with Crippen LogP contribution in [0.5, 0.6) is 0 Å². The van der Waals surface area contributed by atoms with Crippen LogP contribution in [0.25, 0.3) is 0 Å². The minimum absolute atomic E-state index is 0.00879. The van der Waals surface area contributed by atoms with Gasteiger partial charge in [0.25, 0.3) is 10.0 Å². The number of nitrogens with zero attached hydrogens (tertiary/aromatic N) is 1. The number of nitrogens with one attached hydrogen (secondary N) is 1. The molecule has 25 heavy (non-hydrogen) atoms. The second-order valence-electron chi connectivity index (χ2n) is 5.56. The first-order valence-electron chi connectivity index (χ1n) is 7.58. The van der Waals surface area contributed by atoms with Crippen molar-refractivity contribution in [2.24, 2.45) is 0 Å². The molecule has 1 aliphatic rings. The van der Waals surface area contributed by atoms with Crippen LogP contribution in [-0.2, 0) is 19.6 Å². The van der Waals surface area contributed by atoms with Crippen LogP contribution in [0.15, 0.2) is 64.0 Å². The lowest BCUT2D eigenvalue weighted by Gasteiger charge is -2.23. The second kappa shape index (κ2) is 6.97. The highest BCUT2D eigenvalue weighted by Crippen LogP contribution is 2.28. The van der Waals surface area contributed by atoms with E-state index in [0.717, 1.165) is 4.47 Å². The molecule has 1 aliphatic heterocycles. The van der Waals surface area contributed by atoms with E-state index >= 15 is 0 Å². The number of carbonyl (C=O) groups excluding carboxylic acids is 2. The van der Waals surface area contributed by atoms with Gasteiger partial charge in [0, 0.05) is 16.6 Å². The lowest BCUT2D eigenvalue weighted by atomic mass is 10.2. The average Bonchev–Trinajstić information content (AvgIpc) is 2.98. The van der Waals surface area contributed by atoms with E-state index < -0.39 is 27.9 Å². The summed E-state index contributed by atoms with van der Waals surface area (Å²) in [7, 11) is -4.07. The molecule has 130 valence electrons. The third-order valence-corrected chi connectivity index (χ3v) is 6.19. The maximum atomic E-state index is 12.8. The van der Waals surface area contributed by atoms with Gasteiger partial charge in [0.1, 0.15) is 6.04 Å². The number of amides is 2. The van der Waals surface area contributed by atoms with Gasteiger partial charge in [-0.15, -0.1) is 0 Å². The van der Waals surface area contributed by atoms with Crippen molar-refractivity contribution in [1.82, 2.24) is 4.31 Å². The summed E-state index contributed by atoms with van der Waals surface area (Å²) in [5.41, 5.74) is 0.524. The molecule has 1 N–H and O–H groups in total. The molecule has 1 heterocycles. The highest BCUT2D eigenvalue weighted by atomic mass is 79.9. The Morgan fingerprint density at radius 3 is 2.52 bits per heavy atom. The Balaban J connectivity index is 1.88. The Labute approximate surface area is 154 Å². The number of hydrogen-bond donors (Lipinski definition) is 1. The van der Waals surface area contributed by atoms with Gasteiger partial charge in [0.15, 0.2) is 0 Å². The fraction of sp³-hybridized carbons (Fsp3) is 0.176. The molecule has 2 amide bonds. The predicted molar refractivity (Wildman–Crippen MR) is 96.3 cm³/mol. The quantitative estimate of drug-likeness (QED) is 0.820. The minimum Gasteiger partial charge on any atom is -0.324 e. The number of halogens is 1. The standard InChI is InChI=1S/C17H15BrN2O4S/c18-12-5-4-6-13(11-12)19-17(22)15-9-10-16(21)20(15)25(23,24)14-7-2-1-3-8-14/h1-8,11,15H,9-10H2,(H,19,22)/t15-/m0/s1. The molecule has 6 nitrogen and oxygen atoms in total. The van der Waals surface area contributed by atoms with Crippen molar-refractivity contribution < 1.29 is 18.0 Å². The van der Waals surface area contributed by atoms with Crippen molar-refractivity contribution in [3.63, 3.8) is 0 Å². The fourth-order valence-corrected chi connectivity index (χ4v) is 4.72. The van der Waals surface area contributed by atoms with Gasteiger partial charge in [-0.05, 0) is 36.8 Å². The van der Waals surface area contributed by atoms with E-state index in [1.165, 1.54) is 12.1 Å². The number of anilines is 1. The molecule has 0 spiro atoms. The summed E-state index contributed by atoms with van der Waals surface area (Å²) >= 11 is 3.31. The van der Waals surface area contributed by atoms with Gasteiger partial charge < -0.3 is 5.32 Å². The fourth-order valence-electron chi connectivity index (χ4n) is 2.70. The van der Waals surface area contributed by atoms with Crippen LogP contribution >= 0.6 is 15.9 Å².